The van der Waals surface area contributed by atoms with E-state index in [4.69, 9.17) is 0 Å². The van der Waals surface area contributed by atoms with E-state index in [1.54, 1.807) is 9.75 Å². The van der Waals surface area contributed by atoms with Crippen molar-refractivity contribution >= 4 is 11.3 Å². The Balaban J connectivity index is 1.63. The molecule has 0 saturated heterocycles. The molecule has 0 aliphatic heterocycles. The largest absolute Gasteiger partial charge is 0.316 e. The molecular weight excluding hydrogens is 262 g/mol. The third kappa shape index (κ3) is 3.28. The van der Waals surface area contributed by atoms with E-state index in [1.807, 2.05) is 11.3 Å². The number of hydrogen-bond donors (Lipinski definition) is 1. The molecule has 2 aliphatic carbocycles. The van der Waals surface area contributed by atoms with Crippen molar-refractivity contribution in [2.24, 2.45) is 23.2 Å². The minimum Gasteiger partial charge on any atom is -0.316 e. The molecule has 112 valence electrons. The highest BCUT2D eigenvalue weighted by molar-refractivity contribution is 7.11. The Morgan fingerprint density at radius 1 is 1.25 bits per heavy atom. The Morgan fingerprint density at radius 3 is 2.55 bits per heavy atom. The van der Waals surface area contributed by atoms with Crippen LogP contribution in [0.4, 0.5) is 0 Å². The van der Waals surface area contributed by atoms with Crippen LogP contribution in [-0.2, 0) is 12.8 Å². The SMILES string of the molecule is CCc1ccc(CC2(CNCC(C)C)CC3CC3C2)s1. The lowest BCUT2D eigenvalue weighted by molar-refractivity contribution is 0.246. The van der Waals surface area contributed by atoms with Crippen LogP contribution in [0.5, 0.6) is 0 Å². The fourth-order valence-corrected chi connectivity index (χ4v) is 5.19. The van der Waals surface area contributed by atoms with E-state index in [-0.39, 0.29) is 0 Å². The fourth-order valence-electron chi connectivity index (χ4n) is 4.06. The molecule has 1 aromatic rings. The Kier molecular flexibility index (Phi) is 4.24. The Morgan fingerprint density at radius 2 is 1.95 bits per heavy atom. The van der Waals surface area contributed by atoms with Crippen LogP contribution >= 0.6 is 11.3 Å². The van der Waals surface area contributed by atoms with Gasteiger partial charge in [0.15, 0.2) is 0 Å². The van der Waals surface area contributed by atoms with Gasteiger partial charge in [0.2, 0.25) is 0 Å². The van der Waals surface area contributed by atoms with Gasteiger partial charge in [-0.05, 0) is 74.0 Å². The molecule has 1 aromatic heterocycles. The number of thiophene rings is 1. The van der Waals surface area contributed by atoms with E-state index < -0.39 is 0 Å². The Bertz CT molecular complexity index is 438. The number of hydrogen-bond acceptors (Lipinski definition) is 2. The summed E-state index contributed by atoms with van der Waals surface area (Å²) in [5, 5.41) is 3.75. The zero-order valence-electron chi connectivity index (χ0n) is 13.2. The van der Waals surface area contributed by atoms with E-state index >= 15 is 0 Å². The second-order valence-corrected chi connectivity index (χ2v) is 8.84. The monoisotopic (exact) mass is 291 g/mol. The molecule has 0 bridgehead atoms. The molecule has 0 aromatic carbocycles. The van der Waals surface area contributed by atoms with Gasteiger partial charge in [0, 0.05) is 16.3 Å². The first-order chi connectivity index (χ1) is 9.60. The molecule has 1 N–H and O–H groups in total. The molecule has 0 spiro atoms. The van der Waals surface area contributed by atoms with E-state index in [0.29, 0.717) is 5.41 Å². The standard InChI is InChI=1S/C18H29NS/c1-4-16-5-6-17(20-16)10-18(12-19-11-13(2)3)8-14-7-15(14)9-18/h5-6,13-15,19H,4,7-12H2,1-3H3. The van der Waals surface area contributed by atoms with Gasteiger partial charge in [-0.3, -0.25) is 0 Å². The lowest BCUT2D eigenvalue weighted by Gasteiger charge is -2.31. The van der Waals surface area contributed by atoms with Crippen molar-refractivity contribution in [3.8, 4) is 0 Å². The van der Waals surface area contributed by atoms with Crippen LogP contribution in [0.1, 0.15) is 49.8 Å². The molecule has 2 fully saturated rings. The van der Waals surface area contributed by atoms with Crippen molar-refractivity contribution < 1.29 is 0 Å². The van der Waals surface area contributed by atoms with Gasteiger partial charge < -0.3 is 5.32 Å². The minimum absolute atomic E-state index is 0.568. The Labute approximate surface area is 128 Å². The van der Waals surface area contributed by atoms with Gasteiger partial charge in [-0.1, -0.05) is 20.8 Å². The van der Waals surface area contributed by atoms with E-state index in [2.05, 4.69) is 38.2 Å². The van der Waals surface area contributed by atoms with E-state index in [9.17, 15) is 0 Å². The van der Waals surface area contributed by atoms with Crippen LogP contribution in [0.25, 0.3) is 0 Å². The van der Waals surface area contributed by atoms with Crippen LogP contribution in [0.15, 0.2) is 12.1 Å². The number of fused-ring (bicyclic) bond motifs is 1. The van der Waals surface area contributed by atoms with Crippen LogP contribution in [-0.4, -0.2) is 13.1 Å². The van der Waals surface area contributed by atoms with Crippen LogP contribution in [0.2, 0.25) is 0 Å². The molecule has 3 rings (SSSR count). The first kappa shape index (κ1) is 14.6. The molecule has 0 radical (unpaired) electrons. The molecule has 2 saturated carbocycles. The molecule has 1 heterocycles. The fraction of sp³-hybridized carbons (Fsp3) is 0.778. The zero-order valence-corrected chi connectivity index (χ0v) is 14.1. The van der Waals surface area contributed by atoms with Gasteiger partial charge in [0.05, 0.1) is 0 Å². The van der Waals surface area contributed by atoms with Gasteiger partial charge in [0.1, 0.15) is 0 Å². The van der Waals surface area contributed by atoms with Crippen LogP contribution in [0, 0.1) is 23.2 Å². The summed E-state index contributed by atoms with van der Waals surface area (Å²) in [6.07, 6.45) is 6.98. The summed E-state index contributed by atoms with van der Waals surface area (Å²) >= 11 is 2.05. The molecule has 2 atom stereocenters. The quantitative estimate of drug-likeness (QED) is 0.779. The van der Waals surface area contributed by atoms with E-state index in [1.165, 1.54) is 45.2 Å². The van der Waals surface area contributed by atoms with Crippen LogP contribution < -0.4 is 5.32 Å². The van der Waals surface area contributed by atoms with E-state index in [0.717, 1.165) is 17.8 Å². The topological polar surface area (TPSA) is 12.0 Å². The third-order valence-electron chi connectivity index (χ3n) is 5.13. The van der Waals surface area contributed by atoms with Gasteiger partial charge in [-0.15, -0.1) is 11.3 Å². The maximum absolute atomic E-state index is 3.75. The van der Waals surface area contributed by atoms with Gasteiger partial charge >= 0.3 is 0 Å². The second-order valence-electron chi connectivity index (χ2n) is 7.59. The second kappa shape index (κ2) is 5.81. The summed E-state index contributed by atoms with van der Waals surface area (Å²) in [5.74, 6) is 2.90. The van der Waals surface area contributed by atoms with Crippen molar-refractivity contribution in [1.82, 2.24) is 5.32 Å². The molecule has 0 amide bonds. The molecular formula is C18H29NS. The number of aryl methyl sites for hydroxylation is 1. The lowest BCUT2D eigenvalue weighted by atomic mass is 9.79. The third-order valence-corrected chi connectivity index (χ3v) is 6.36. The maximum Gasteiger partial charge on any atom is 0.00541 e. The molecule has 2 heteroatoms. The summed E-state index contributed by atoms with van der Waals surface area (Å²) in [6, 6.07) is 4.72. The number of nitrogens with one attached hydrogen (secondary N) is 1. The highest BCUT2D eigenvalue weighted by Gasteiger charge is 2.53. The summed E-state index contributed by atoms with van der Waals surface area (Å²) in [5.41, 5.74) is 0.568. The summed E-state index contributed by atoms with van der Waals surface area (Å²) in [6.45, 7) is 9.27. The molecule has 1 nitrogen and oxygen atoms in total. The predicted molar refractivity (Wildman–Crippen MR) is 88.4 cm³/mol. The van der Waals surface area contributed by atoms with Gasteiger partial charge in [0.25, 0.3) is 0 Å². The average Bonchev–Trinajstić information content (AvgIpc) is 2.84. The van der Waals surface area contributed by atoms with Crippen LogP contribution in [0.3, 0.4) is 0 Å². The normalized spacial score (nSPS) is 31.8. The van der Waals surface area contributed by atoms with Crippen molar-refractivity contribution in [3.63, 3.8) is 0 Å². The minimum atomic E-state index is 0.568. The van der Waals surface area contributed by atoms with Crippen molar-refractivity contribution in [2.45, 2.75) is 52.9 Å². The van der Waals surface area contributed by atoms with Crippen molar-refractivity contribution in [1.29, 1.82) is 0 Å². The summed E-state index contributed by atoms with van der Waals surface area (Å²) in [7, 11) is 0. The predicted octanol–water partition coefficient (Wildman–Crippen LogP) is 4.51. The average molecular weight is 292 g/mol. The van der Waals surface area contributed by atoms with Gasteiger partial charge in [-0.25, -0.2) is 0 Å². The summed E-state index contributed by atoms with van der Waals surface area (Å²) in [4.78, 5) is 3.17. The lowest BCUT2D eigenvalue weighted by Crippen LogP contribution is -2.36. The first-order valence-corrected chi connectivity index (χ1v) is 9.20. The zero-order chi connectivity index (χ0) is 14.2. The maximum atomic E-state index is 3.75. The van der Waals surface area contributed by atoms with Crippen molar-refractivity contribution in [3.05, 3.63) is 21.9 Å². The molecule has 2 aliphatic rings. The first-order valence-electron chi connectivity index (χ1n) is 8.38. The molecule has 2 unspecified atom stereocenters. The number of rotatable bonds is 7. The summed E-state index contributed by atoms with van der Waals surface area (Å²) < 4.78 is 0. The highest BCUT2D eigenvalue weighted by atomic mass is 32.1. The highest BCUT2D eigenvalue weighted by Crippen LogP contribution is 2.60. The van der Waals surface area contributed by atoms with Gasteiger partial charge in [-0.2, -0.15) is 0 Å². The smallest absolute Gasteiger partial charge is 0.00541 e. The van der Waals surface area contributed by atoms with Crippen molar-refractivity contribution in [2.75, 3.05) is 13.1 Å². The molecule has 20 heavy (non-hydrogen) atoms. The Hall–Kier alpha value is -0.340.